The Hall–Kier alpha value is -1.36. The fourth-order valence-electron chi connectivity index (χ4n) is 2.88. The van der Waals surface area contributed by atoms with Gasteiger partial charge in [0.15, 0.2) is 5.69 Å². The van der Waals surface area contributed by atoms with Gasteiger partial charge in [-0.1, -0.05) is 39.8 Å². The zero-order valence-corrected chi connectivity index (χ0v) is 15.7. The van der Waals surface area contributed by atoms with Crippen molar-refractivity contribution in [2.24, 2.45) is 5.41 Å². The van der Waals surface area contributed by atoms with Gasteiger partial charge in [-0.05, 0) is 38.3 Å². The average molecular weight is 323 g/mol. The number of amides is 1. The second-order valence-electron chi connectivity index (χ2n) is 7.06. The van der Waals surface area contributed by atoms with Crippen LogP contribution in [0.4, 0.5) is 0 Å². The van der Waals surface area contributed by atoms with E-state index in [1.807, 2.05) is 13.8 Å². The Kier molecular flexibility index (Phi) is 7.76. The lowest BCUT2D eigenvalue weighted by Gasteiger charge is -2.32. The van der Waals surface area contributed by atoms with Gasteiger partial charge in [0.25, 0.3) is 5.91 Å². The molecule has 0 saturated carbocycles. The van der Waals surface area contributed by atoms with E-state index in [0.29, 0.717) is 12.2 Å². The summed E-state index contributed by atoms with van der Waals surface area (Å²) in [6.45, 7) is 16.5. The molecule has 1 aromatic rings. The summed E-state index contributed by atoms with van der Waals surface area (Å²) >= 11 is 0. The predicted octanol–water partition coefficient (Wildman–Crippen LogP) is 3.42. The minimum absolute atomic E-state index is 0.0191. The third-order valence-electron chi connectivity index (χ3n) is 4.02. The van der Waals surface area contributed by atoms with Crippen molar-refractivity contribution in [2.75, 3.05) is 26.2 Å². The van der Waals surface area contributed by atoms with E-state index >= 15 is 0 Å². The number of aromatic nitrogens is 1. The lowest BCUT2D eigenvalue weighted by Crippen LogP contribution is -2.42. The molecule has 1 rings (SSSR count). The first-order chi connectivity index (χ1) is 10.8. The molecule has 1 amide bonds. The zero-order valence-electron chi connectivity index (χ0n) is 15.7. The molecule has 0 unspecified atom stereocenters. The normalized spacial score (nSPS) is 12.0. The van der Waals surface area contributed by atoms with Gasteiger partial charge in [-0.15, -0.1) is 0 Å². The molecule has 0 fully saturated rings. The van der Waals surface area contributed by atoms with E-state index in [4.69, 9.17) is 4.52 Å². The maximum Gasteiger partial charge on any atom is 0.273 e. The molecule has 1 N–H and O–H groups in total. The highest BCUT2D eigenvalue weighted by molar-refractivity contribution is 5.93. The third kappa shape index (κ3) is 5.98. The maximum absolute atomic E-state index is 12.3. The SMILES string of the molecule is CCCN(CCC)CC(C)(C)CNC(=O)c1noc(CC)c1C. The summed E-state index contributed by atoms with van der Waals surface area (Å²) in [6, 6.07) is 0. The molecule has 0 radical (unpaired) electrons. The molecule has 0 bridgehead atoms. The van der Waals surface area contributed by atoms with E-state index < -0.39 is 0 Å². The number of nitrogens with one attached hydrogen (secondary N) is 1. The molecule has 1 aromatic heterocycles. The van der Waals surface area contributed by atoms with Crippen LogP contribution in [0.25, 0.3) is 0 Å². The van der Waals surface area contributed by atoms with E-state index in [0.717, 1.165) is 50.2 Å². The van der Waals surface area contributed by atoms with Gasteiger partial charge in [0, 0.05) is 25.1 Å². The van der Waals surface area contributed by atoms with Crippen molar-refractivity contribution in [3.05, 3.63) is 17.0 Å². The second-order valence-corrected chi connectivity index (χ2v) is 7.06. The lowest BCUT2D eigenvalue weighted by molar-refractivity contribution is 0.0911. The molecular weight excluding hydrogens is 290 g/mol. The first-order valence-electron chi connectivity index (χ1n) is 8.80. The standard InChI is InChI=1S/C18H33N3O2/c1-7-10-21(11-8-2)13-18(5,6)12-19-17(22)16-14(4)15(9-3)23-20-16/h7-13H2,1-6H3,(H,19,22). The van der Waals surface area contributed by atoms with Gasteiger partial charge in [-0.2, -0.15) is 0 Å². The van der Waals surface area contributed by atoms with Crippen molar-refractivity contribution in [3.8, 4) is 0 Å². The van der Waals surface area contributed by atoms with Gasteiger partial charge in [-0.25, -0.2) is 0 Å². The van der Waals surface area contributed by atoms with Crippen molar-refractivity contribution >= 4 is 5.91 Å². The van der Waals surface area contributed by atoms with Crippen LogP contribution in [0.5, 0.6) is 0 Å². The summed E-state index contributed by atoms with van der Waals surface area (Å²) in [5.74, 6) is 0.642. The largest absolute Gasteiger partial charge is 0.360 e. The van der Waals surface area contributed by atoms with E-state index in [1.54, 1.807) is 0 Å². The lowest BCUT2D eigenvalue weighted by atomic mass is 9.92. The Bertz CT molecular complexity index is 488. The monoisotopic (exact) mass is 323 g/mol. The first kappa shape index (κ1) is 19.7. The maximum atomic E-state index is 12.3. The van der Waals surface area contributed by atoms with E-state index in [9.17, 15) is 4.79 Å². The van der Waals surface area contributed by atoms with Gasteiger partial charge >= 0.3 is 0 Å². The van der Waals surface area contributed by atoms with Crippen LogP contribution < -0.4 is 5.32 Å². The van der Waals surface area contributed by atoms with Gasteiger partial charge in [0.2, 0.25) is 0 Å². The van der Waals surface area contributed by atoms with Gasteiger partial charge in [-0.3, -0.25) is 4.79 Å². The van der Waals surface area contributed by atoms with Gasteiger partial charge in [0.05, 0.1) is 0 Å². The zero-order chi connectivity index (χ0) is 17.5. The smallest absolute Gasteiger partial charge is 0.273 e. The third-order valence-corrected chi connectivity index (χ3v) is 4.02. The molecule has 0 saturated heterocycles. The topological polar surface area (TPSA) is 58.4 Å². The highest BCUT2D eigenvalue weighted by Crippen LogP contribution is 2.18. The molecule has 23 heavy (non-hydrogen) atoms. The molecule has 132 valence electrons. The quantitative estimate of drug-likeness (QED) is 0.717. The Morgan fingerprint density at radius 2 is 1.83 bits per heavy atom. The van der Waals surface area contributed by atoms with E-state index in [1.165, 1.54) is 0 Å². The highest BCUT2D eigenvalue weighted by Gasteiger charge is 2.24. The van der Waals surface area contributed by atoms with Crippen LogP contribution in [0.2, 0.25) is 0 Å². The van der Waals surface area contributed by atoms with Crippen molar-refractivity contribution in [2.45, 2.75) is 60.8 Å². The van der Waals surface area contributed by atoms with Gasteiger partial charge in [0.1, 0.15) is 5.76 Å². The van der Waals surface area contributed by atoms with E-state index in [2.05, 4.69) is 43.1 Å². The molecule has 1 heterocycles. The number of aryl methyl sites for hydroxylation is 1. The number of hydrogen-bond donors (Lipinski definition) is 1. The van der Waals surface area contributed by atoms with Crippen LogP contribution in [0, 0.1) is 12.3 Å². The molecule has 0 aromatic carbocycles. The fraction of sp³-hybridized carbons (Fsp3) is 0.778. The van der Waals surface area contributed by atoms with Crippen LogP contribution in [-0.4, -0.2) is 42.1 Å². The molecule has 5 nitrogen and oxygen atoms in total. The van der Waals surface area contributed by atoms with Crippen molar-refractivity contribution in [3.63, 3.8) is 0 Å². The van der Waals surface area contributed by atoms with Crippen molar-refractivity contribution in [1.29, 1.82) is 0 Å². The average Bonchev–Trinajstić information content (AvgIpc) is 2.86. The Morgan fingerprint density at radius 3 is 2.30 bits per heavy atom. The summed E-state index contributed by atoms with van der Waals surface area (Å²) in [5, 5.41) is 6.93. The predicted molar refractivity (Wildman–Crippen MR) is 93.8 cm³/mol. The number of hydrogen-bond acceptors (Lipinski definition) is 4. The summed E-state index contributed by atoms with van der Waals surface area (Å²) < 4.78 is 5.21. The second kappa shape index (κ2) is 9.06. The van der Waals surface area contributed by atoms with Crippen molar-refractivity contribution < 1.29 is 9.32 Å². The molecule has 0 aliphatic heterocycles. The Morgan fingerprint density at radius 1 is 1.22 bits per heavy atom. The first-order valence-corrected chi connectivity index (χ1v) is 8.80. The van der Waals surface area contributed by atoms with Crippen LogP contribution in [0.15, 0.2) is 4.52 Å². The van der Waals surface area contributed by atoms with Gasteiger partial charge < -0.3 is 14.7 Å². The summed E-state index contributed by atoms with van der Waals surface area (Å²) in [4.78, 5) is 14.8. The molecule has 5 heteroatoms. The number of nitrogens with zero attached hydrogens (tertiary/aromatic N) is 2. The highest BCUT2D eigenvalue weighted by atomic mass is 16.5. The number of rotatable bonds is 10. The van der Waals surface area contributed by atoms with Crippen molar-refractivity contribution in [1.82, 2.24) is 15.4 Å². The van der Waals surface area contributed by atoms with Crippen LogP contribution in [-0.2, 0) is 6.42 Å². The number of carbonyl (C=O) groups excluding carboxylic acids is 1. The minimum Gasteiger partial charge on any atom is -0.360 e. The molecule has 0 atom stereocenters. The fourth-order valence-corrected chi connectivity index (χ4v) is 2.88. The molecule has 0 aliphatic carbocycles. The summed E-state index contributed by atoms with van der Waals surface area (Å²) in [5.41, 5.74) is 1.28. The minimum atomic E-state index is -0.142. The van der Waals surface area contributed by atoms with Crippen LogP contribution in [0.1, 0.15) is 69.3 Å². The Balaban J connectivity index is 2.60. The van der Waals surface area contributed by atoms with Crippen LogP contribution >= 0.6 is 0 Å². The molecule has 0 spiro atoms. The molecule has 0 aliphatic rings. The van der Waals surface area contributed by atoms with E-state index in [-0.39, 0.29) is 11.3 Å². The Labute approximate surface area is 140 Å². The molecular formula is C18H33N3O2. The number of carbonyl (C=O) groups is 1. The summed E-state index contributed by atoms with van der Waals surface area (Å²) in [6.07, 6.45) is 3.06. The van der Waals surface area contributed by atoms with Crippen LogP contribution in [0.3, 0.4) is 0 Å². The summed E-state index contributed by atoms with van der Waals surface area (Å²) in [7, 11) is 0.